The Hall–Kier alpha value is -4.31. The molecule has 5 aromatic rings. The Kier molecular flexibility index (Phi) is 6.26. The number of anilines is 1. The minimum Gasteiger partial charge on any atom is -0.369 e. The number of fused-ring (bicyclic) bond motifs is 3. The topological polar surface area (TPSA) is 125 Å². The molecule has 0 spiro atoms. The highest BCUT2D eigenvalue weighted by molar-refractivity contribution is 6.12. The van der Waals surface area contributed by atoms with Crippen LogP contribution in [0.15, 0.2) is 47.2 Å². The number of nitrogens with zero attached hydrogens (tertiary/aromatic N) is 5. The van der Waals surface area contributed by atoms with Crippen LogP contribution in [0.2, 0.25) is 0 Å². The molecule has 0 radical (unpaired) electrons. The van der Waals surface area contributed by atoms with Crippen LogP contribution in [0.25, 0.3) is 33.2 Å². The molecule has 10 nitrogen and oxygen atoms in total. The van der Waals surface area contributed by atoms with Gasteiger partial charge in [-0.15, -0.1) is 0 Å². The summed E-state index contributed by atoms with van der Waals surface area (Å²) in [5.41, 5.74) is 6.68. The van der Waals surface area contributed by atoms with Crippen LogP contribution in [0, 0.1) is 6.92 Å². The Morgan fingerprint density at radius 1 is 1.10 bits per heavy atom. The van der Waals surface area contributed by atoms with Gasteiger partial charge in [0.15, 0.2) is 5.82 Å². The molecule has 0 aliphatic carbocycles. The predicted octanol–water partition coefficient (Wildman–Crippen LogP) is 4.11. The second kappa shape index (κ2) is 9.77. The van der Waals surface area contributed by atoms with Crippen LogP contribution < -0.4 is 15.5 Å². The number of hydrogen-bond donors (Lipinski definition) is 3. The van der Waals surface area contributed by atoms with Crippen molar-refractivity contribution < 1.29 is 9.32 Å². The van der Waals surface area contributed by atoms with Crippen molar-refractivity contribution in [1.29, 1.82) is 0 Å². The second-order valence-corrected chi connectivity index (χ2v) is 11.0. The molecule has 1 aliphatic heterocycles. The molecule has 0 atom stereocenters. The van der Waals surface area contributed by atoms with Gasteiger partial charge in [0.25, 0.3) is 0 Å². The maximum absolute atomic E-state index is 12.6. The van der Waals surface area contributed by atoms with E-state index in [-0.39, 0.29) is 11.3 Å². The quantitative estimate of drug-likeness (QED) is 0.314. The number of aryl methyl sites for hydroxylation is 1. The largest absolute Gasteiger partial charge is 0.369 e. The van der Waals surface area contributed by atoms with Gasteiger partial charge in [0.05, 0.1) is 11.1 Å². The molecule has 6 rings (SSSR count). The van der Waals surface area contributed by atoms with Crippen LogP contribution in [-0.2, 0) is 12.0 Å². The zero-order valence-corrected chi connectivity index (χ0v) is 22.6. The Morgan fingerprint density at radius 2 is 1.92 bits per heavy atom. The molecule has 3 N–H and O–H groups in total. The van der Waals surface area contributed by atoms with Crippen LogP contribution >= 0.6 is 0 Å². The zero-order chi connectivity index (χ0) is 27.1. The van der Waals surface area contributed by atoms with Crippen molar-refractivity contribution in [3.63, 3.8) is 0 Å². The highest BCUT2D eigenvalue weighted by Gasteiger charge is 2.24. The Balaban J connectivity index is 1.27. The van der Waals surface area contributed by atoms with Crippen LogP contribution in [0.3, 0.4) is 0 Å². The van der Waals surface area contributed by atoms with E-state index in [1.165, 1.54) is 5.69 Å². The third kappa shape index (κ3) is 4.83. The van der Waals surface area contributed by atoms with Crippen LogP contribution in [0.1, 0.15) is 48.4 Å². The van der Waals surface area contributed by atoms with Gasteiger partial charge in [-0.1, -0.05) is 38.1 Å². The molecule has 1 aliphatic rings. The number of carbonyl (C=O) groups is 1. The lowest BCUT2D eigenvalue weighted by molar-refractivity contribution is 0.0907. The fourth-order valence-corrected chi connectivity index (χ4v) is 4.96. The van der Waals surface area contributed by atoms with Gasteiger partial charge in [0, 0.05) is 60.3 Å². The standard InChI is InChI=1S/C29H32N8O2/c1-17-13-18(5-6-19(17)15-31-26(38)27-35-28(36-39-27)29(2,3)4)24-23-21-14-20(37-11-9-30-10-12-37)7-8-22(21)34-25(23)33-16-32-24/h5-8,13-14,16,30H,9-12,15H2,1-4H3,(H,31,38)(H,32,33,34). The first-order chi connectivity index (χ1) is 18.8. The van der Waals surface area contributed by atoms with Gasteiger partial charge in [-0.25, -0.2) is 9.97 Å². The van der Waals surface area contributed by atoms with Gasteiger partial charge in [0.2, 0.25) is 0 Å². The van der Waals surface area contributed by atoms with Gasteiger partial charge in [-0.3, -0.25) is 4.79 Å². The van der Waals surface area contributed by atoms with Gasteiger partial charge < -0.3 is 25.0 Å². The number of aromatic amines is 1. The first-order valence-electron chi connectivity index (χ1n) is 13.2. The van der Waals surface area contributed by atoms with Crippen LogP contribution in [0.4, 0.5) is 5.69 Å². The van der Waals surface area contributed by atoms with Gasteiger partial charge in [0.1, 0.15) is 12.0 Å². The summed E-state index contributed by atoms with van der Waals surface area (Å²) in [7, 11) is 0. The SMILES string of the molecule is Cc1cc(-c2ncnc3[nH]c4ccc(N5CCNCC5)cc4c23)ccc1CNC(=O)c1nc(C(C)(C)C)no1. The number of nitrogens with one attached hydrogen (secondary N) is 3. The van der Waals surface area contributed by atoms with E-state index in [4.69, 9.17) is 9.51 Å². The number of rotatable bonds is 5. The molecule has 1 amide bonds. The highest BCUT2D eigenvalue weighted by Crippen LogP contribution is 2.35. The molecule has 3 aromatic heterocycles. The fourth-order valence-electron chi connectivity index (χ4n) is 4.96. The average Bonchev–Trinajstić information content (AvgIpc) is 3.58. The summed E-state index contributed by atoms with van der Waals surface area (Å²) in [5, 5.41) is 12.4. The van der Waals surface area contributed by atoms with Crippen molar-refractivity contribution in [3.05, 3.63) is 65.6 Å². The van der Waals surface area contributed by atoms with Gasteiger partial charge in [-0.05, 0) is 42.3 Å². The number of H-pyrrole nitrogens is 1. The van der Waals surface area contributed by atoms with E-state index in [1.807, 2.05) is 39.8 Å². The van der Waals surface area contributed by atoms with E-state index in [9.17, 15) is 4.79 Å². The summed E-state index contributed by atoms with van der Waals surface area (Å²) in [5.74, 6) is 0.0804. The molecule has 4 heterocycles. The summed E-state index contributed by atoms with van der Waals surface area (Å²) >= 11 is 0. The van der Waals surface area contributed by atoms with E-state index in [0.717, 1.165) is 70.5 Å². The zero-order valence-electron chi connectivity index (χ0n) is 22.6. The maximum atomic E-state index is 12.6. The summed E-state index contributed by atoms with van der Waals surface area (Å²) in [6.07, 6.45) is 1.60. The van der Waals surface area contributed by atoms with Crippen molar-refractivity contribution in [2.45, 2.75) is 39.7 Å². The molecule has 0 unspecified atom stereocenters. The molecule has 1 saturated heterocycles. The normalized spacial score (nSPS) is 14.3. The van der Waals surface area contributed by atoms with E-state index in [0.29, 0.717) is 12.4 Å². The Labute approximate surface area is 226 Å². The minimum absolute atomic E-state index is 0.0305. The Morgan fingerprint density at radius 3 is 2.67 bits per heavy atom. The summed E-state index contributed by atoms with van der Waals surface area (Å²) in [4.78, 5) is 31.9. The highest BCUT2D eigenvalue weighted by atomic mass is 16.5. The minimum atomic E-state index is -0.391. The molecular formula is C29H32N8O2. The Bertz CT molecular complexity index is 1670. The number of amides is 1. The van der Waals surface area contributed by atoms with Gasteiger partial charge in [-0.2, -0.15) is 4.98 Å². The summed E-state index contributed by atoms with van der Waals surface area (Å²) < 4.78 is 5.17. The lowest BCUT2D eigenvalue weighted by atomic mass is 9.96. The monoisotopic (exact) mass is 524 g/mol. The van der Waals surface area contributed by atoms with E-state index < -0.39 is 5.91 Å². The van der Waals surface area contributed by atoms with Crippen molar-refractivity contribution in [2.24, 2.45) is 0 Å². The predicted molar refractivity (Wildman–Crippen MR) is 151 cm³/mol. The summed E-state index contributed by atoms with van der Waals surface area (Å²) in [6, 6.07) is 12.7. The number of carbonyl (C=O) groups excluding carboxylic acids is 1. The number of aromatic nitrogens is 5. The number of benzene rings is 2. The van der Waals surface area contributed by atoms with Crippen molar-refractivity contribution in [3.8, 4) is 11.3 Å². The van der Waals surface area contributed by atoms with Crippen molar-refractivity contribution in [2.75, 3.05) is 31.1 Å². The smallest absolute Gasteiger partial charge is 0.315 e. The third-order valence-electron chi connectivity index (χ3n) is 7.20. The number of hydrogen-bond acceptors (Lipinski definition) is 8. The third-order valence-corrected chi connectivity index (χ3v) is 7.20. The molecule has 1 fully saturated rings. The average molecular weight is 525 g/mol. The lowest BCUT2D eigenvalue weighted by Crippen LogP contribution is -2.43. The fraction of sp³-hybridized carbons (Fsp3) is 0.345. The first-order valence-corrected chi connectivity index (χ1v) is 13.2. The van der Waals surface area contributed by atoms with E-state index in [2.05, 4.69) is 59.9 Å². The van der Waals surface area contributed by atoms with Crippen LogP contribution in [0.5, 0.6) is 0 Å². The molecule has 0 saturated carbocycles. The van der Waals surface area contributed by atoms with E-state index >= 15 is 0 Å². The molecule has 200 valence electrons. The van der Waals surface area contributed by atoms with Gasteiger partial charge >= 0.3 is 11.8 Å². The maximum Gasteiger partial charge on any atom is 0.315 e. The molecule has 39 heavy (non-hydrogen) atoms. The molecule has 2 aromatic carbocycles. The first kappa shape index (κ1) is 25.0. The second-order valence-electron chi connectivity index (χ2n) is 11.0. The molecule has 0 bridgehead atoms. The lowest BCUT2D eigenvalue weighted by Gasteiger charge is -2.29. The summed E-state index contributed by atoms with van der Waals surface area (Å²) in [6.45, 7) is 12.2. The van der Waals surface area contributed by atoms with Crippen molar-refractivity contribution in [1.82, 2.24) is 35.7 Å². The molecule has 10 heteroatoms. The van der Waals surface area contributed by atoms with E-state index in [1.54, 1.807) is 6.33 Å². The molecular weight excluding hydrogens is 492 g/mol. The van der Waals surface area contributed by atoms with Crippen LogP contribution in [-0.4, -0.2) is 57.2 Å². The number of piperazine rings is 1. The van der Waals surface area contributed by atoms with Crippen molar-refractivity contribution >= 4 is 33.5 Å².